The van der Waals surface area contributed by atoms with Gasteiger partial charge in [-0.2, -0.15) is 0 Å². The summed E-state index contributed by atoms with van der Waals surface area (Å²) in [6, 6.07) is 20.7. The molecule has 0 radical (unpaired) electrons. The Bertz CT molecular complexity index is 965. The topological polar surface area (TPSA) is 78.7 Å². The summed E-state index contributed by atoms with van der Waals surface area (Å²) in [5.41, 5.74) is 3.18. The van der Waals surface area contributed by atoms with Crippen molar-refractivity contribution in [2.75, 3.05) is 0 Å². The Morgan fingerprint density at radius 2 is 1.57 bits per heavy atom. The molecule has 3 aromatic rings. The predicted octanol–water partition coefficient (Wildman–Crippen LogP) is 4.84. The predicted molar refractivity (Wildman–Crippen MR) is 104 cm³/mol. The lowest BCUT2D eigenvalue weighted by Gasteiger charge is -2.08. The molecule has 0 unspecified atom stereocenters. The first-order valence-electron chi connectivity index (χ1n) is 8.70. The number of nitrogens with zero attached hydrogens (tertiary/aromatic N) is 1. The average Bonchev–Trinajstić information content (AvgIpc) is 2.71. The molecule has 3 rings (SSSR count). The standard InChI is InChI=1S/C22H19NO5/c1-16-3-2-4-21(13-16)27-14-17-5-9-19(10-6-17)22(24)28-15-18-7-11-20(12-8-18)23(25)26/h2-13H,14-15H2,1H3. The Kier molecular flexibility index (Phi) is 6.01. The van der Waals surface area contributed by atoms with Crippen LogP contribution in [0.25, 0.3) is 0 Å². The highest BCUT2D eigenvalue weighted by Gasteiger charge is 2.09. The van der Waals surface area contributed by atoms with Crippen molar-refractivity contribution >= 4 is 11.7 Å². The van der Waals surface area contributed by atoms with Gasteiger partial charge in [-0.3, -0.25) is 10.1 Å². The number of non-ortho nitro benzene ring substituents is 1. The van der Waals surface area contributed by atoms with Gasteiger partial charge < -0.3 is 9.47 Å². The maximum absolute atomic E-state index is 12.2. The quantitative estimate of drug-likeness (QED) is 0.334. The summed E-state index contributed by atoms with van der Waals surface area (Å²) in [4.78, 5) is 22.3. The maximum Gasteiger partial charge on any atom is 0.338 e. The highest BCUT2D eigenvalue weighted by molar-refractivity contribution is 5.89. The van der Waals surface area contributed by atoms with Crippen molar-refractivity contribution in [1.29, 1.82) is 0 Å². The summed E-state index contributed by atoms with van der Waals surface area (Å²) in [5.74, 6) is 0.344. The number of aryl methyl sites for hydroxylation is 1. The highest BCUT2D eigenvalue weighted by atomic mass is 16.6. The zero-order chi connectivity index (χ0) is 19.9. The number of rotatable bonds is 7. The van der Waals surface area contributed by atoms with Crippen LogP contribution in [0.1, 0.15) is 27.0 Å². The molecule has 0 aromatic heterocycles. The second-order valence-corrected chi connectivity index (χ2v) is 6.30. The molecule has 0 amide bonds. The molecule has 0 aliphatic rings. The summed E-state index contributed by atoms with van der Waals surface area (Å²) in [6.07, 6.45) is 0. The Balaban J connectivity index is 1.52. The van der Waals surface area contributed by atoms with Gasteiger partial charge in [0.05, 0.1) is 10.5 Å². The van der Waals surface area contributed by atoms with Gasteiger partial charge in [-0.15, -0.1) is 0 Å². The molecule has 0 atom stereocenters. The third kappa shape index (κ3) is 5.17. The van der Waals surface area contributed by atoms with Crippen LogP contribution >= 0.6 is 0 Å². The van der Waals surface area contributed by atoms with Gasteiger partial charge in [0.15, 0.2) is 0 Å². The van der Waals surface area contributed by atoms with Crippen LogP contribution in [0.2, 0.25) is 0 Å². The van der Waals surface area contributed by atoms with E-state index in [1.807, 2.05) is 43.3 Å². The average molecular weight is 377 g/mol. The third-order valence-corrected chi connectivity index (χ3v) is 4.10. The van der Waals surface area contributed by atoms with E-state index < -0.39 is 10.9 Å². The summed E-state index contributed by atoms with van der Waals surface area (Å²) >= 11 is 0. The Morgan fingerprint density at radius 1 is 0.929 bits per heavy atom. The van der Waals surface area contributed by atoms with E-state index in [1.54, 1.807) is 24.3 Å². The van der Waals surface area contributed by atoms with Crippen molar-refractivity contribution in [1.82, 2.24) is 0 Å². The maximum atomic E-state index is 12.2. The fourth-order valence-corrected chi connectivity index (χ4v) is 2.55. The lowest BCUT2D eigenvalue weighted by Crippen LogP contribution is -2.05. The molecule has 0 N–H and O–H groups in total. The second kappa shape index (κ2) is 8.81. The highest BCUT2D eigenvalue weighted by Crippen LogP contribution is 2.16. The number of hydrogen-bond acceptors (Lipinski definition) is 5. The summed E-state index contributed by atoms with van der Waals surface area (Å²) in [6.45, 7) is 2.46. The minimum atomic E-state index is -0.472. The van der Waals surface area contributed by atoms with Crippen molar-refractivity contribution in [2.45, 2.75) is 20.1 Å². The number of carbonyl (C=O) groups is 1. The van der Waals surface area contributed by atoms with E-state index in [-0.39, 0.29) is 12.3 Å². The number of carbonyl (C=O) groups excluding carboxylic acids is 1. The number of nitro groups is 1. The molecule has 0 bridgehead atoms. The Hall–Kier alpha value is -3.67. The molecule has 0 aliphatic carbocycles. The largest absolute Gasteiger partial charge is 0.489 e. The van der Waals surface area contributed by atoms with Crippen LogP contribution in [-0.2, 0) is 18.0 Å². The second-order valence-electron chi connectivity index (χ2n) is 6.30. The first-order chi connectivity index (χ1) is 13.5. The molecular weight excluding hydrogens is 358 g/mol. The van der Waals surface area contributed by atoms with E-state index in [9.17, 15) is 14.9 Å². The van der Waals surface area contributed by atoms with E-state index in [4.69, 9.17) is 9.47 Å². The van der Waals surface area contributed by atoms with E-state index in [0.717, 1.165) is 16.9 Å². The molecule has 0 saturated heterocycles. The lowest BCUT2D eigenvalue weighted by molar-refractivity contribution is -0.384. The fraction of sp³-hybridized carbons (Fsp3) is 0.136. The van der Waals surface area contributed by atoms with E-state index in [1.165, 1.54) is 12.1 Å². The summed E-state index contributed by atoms with van der Waals surface area (Å²) < 4.78 is 11.0. The first kappa shape index (κ1) is 19.1. The molecule has 6 nitrogen and oxygen atoms in total. The van der Waals surface area contributed by atoms with Gasteiger partial charge in [-0.25, -0.2) is 4.79 Å². The molecule has 0 fully saturated rings. The number of ether oxygens (including phenoxy) is 2. The minimum Gasteiger partial charge on any atom is -0.489 e. The van der Waals surface area contributed by atoms with Gasteiger partial charge in [0.1, 0.15) is 19.0 Å². The van der Waals surface area contributed by atoms with Crippen LogP contribution in [0, 0.1) is 17.0 Å². The molecule has 28 heavy (non-hydrogen) atoms. The van der Waals surface area contributed by atoms with Crippen molar-refractivity contribution in [3.8, 4) is 5.75 Å². The number of benzene rings is 3. The van der Waals surface area contributed by atoms with E-state index >= 15 is 0 Å². The smallest absolute Gasteiger partial charge is 0.338 e. The van der Waals surface area contributed by atoms with Gasteiger partial charge in [-0.1, -0.05) is 24.3 Å². The van der Waals surface area contributed by atoms with Crippen LogP contribution in [-0.4, -0.2) is 10.9 Å². The van der Waals surface area contributed by atoms with E-state index in [2.05, 4.69) is 0 Å². The first-order valence-corrected chi connectivity index (χ1v) is 8.70. The van der Waals surface area contributed by atoms with Gasteiger partial charge in [0.25, 0.3) is 5.69 Å². The minimum absolute atomic E-state index is 0.00134. The molecule has 0 heterocycles. The number of nitro benzene ring substituents is 1. The van der Waals surface area contributed by atoms with Crippen molar-refractivity contribution in [2.24, 2.45) is 0 Å². The third-order valence-electron chi connectivity index (χ3n) is 4.10. The van der Waals surface area contributed by atoms with Crippen LogP contribution in [0.3, 0.4) is 0 Å². The molecule has 0 spiro atoms. The van der Waals surface area contributed by atoms with Crippen LogP contribution in [0.15, 0.2) is 72.8 Å². The molecule has 3 aromatic carbocycles. The Labute approximate surface area is 162 Å². The van der Waals surface area contributed by atoms with E-state index in [0.29, 0.717) is 17.7 Å². The van der Waals surface area contributed by atoms with Crippen molar-refractivity contribution in [3.63, 3.8) is 0 Å². The summed E-state index contributed by atoms with van der Waals surface area (Å²) in [7, 11) is 0. The van der Waals surface area contributed by atoms with Crippen LogP contribution < -0.4 is 4.74 Å². The SMILES string of the molecule is Cc1cccc(OCc2ccc(C(=O)OCc3ccc([N+](=O)[O-])cc3)cc2)c1. The molecule has 6 heteroatoms. The van der Waals surface area contributed by atoms with Crippen molar-refractivity contribution in [3.05, 3.63) is 105 Å². The zero-order valence-electron chi connectivity index (χ0n) is 15.3. The monoisotopic (exact) mass is 377 g/mol. The lowest BCUT2D eigenvalue weighted by atomic mass is 10.1. The van der Waals surface area contributed by atoms with Gasteiger partial charge in [0, 0.05) is 12.1 Å². The van der Waals surface area contributed by atoms with Gasteiger partial charge in [0.2, 0.25) is 0 Å². The van der Waals surface area contributed by atoms with Gasteiger partial charge >= 0.3 is 5.97 Å². The van der Waals surface area contributed by atoms with Crippen LogP contribution in [0.4, 0.5) is 5.69 Å². The fourth-order valence-electron chi connectivity index (χ4n) is 2.55. The zero-order valence-corrected chi connectivity index (χ0v) is 15.3. The normalized spacial score (nSPS) is 10.3. The van der Waals surface area contributed by atoms with Crippen LogP contribution in [0.5, 0.6) is 5.75 Å². The molecule has 0 saturated carbocycles. The Morgan fingerprint density at radius 3 is 2.21 bits per heavy atom. The summed E-state index contributed by atoms with van der Waals surface area (Å²) in [5, 5.41) is 10.6. The molecule has 142 valence electrons. The molecular formula is C22H19NO5. The number of hydrogen-bond donors (Lipinski definition) is 0. The number of esters is 1. The molecule has 0 aliphatic heterocycles. The van der Waals surface area contributed by atoms with Gasteiger partial charge in [-0.05, 0) is 60.0 Å². The van der Waals surface area contributed by atoms with Crippen molar-refractivity contribution < 1.29 is 19.2 Å².